The minimum Gasteiger partial charge on any atom is -0.490 e. The summed E-state index contributed by atoms with van der Waals surface area (Å²) < 4.78 is 11.2. The second kappa shape index (κ2) is 5.64. The van der Waals surface area contributed by atoms with Gasteiger partial charge in [0.1, 0.15) is 11.4 Å². The summed E-state index contributed by atoms with van der Waals surface area (Å²) >= 11 is 0. The van der Waals surface area contributed by atoms with Crippen molar-refractivity contribution in [2.45, 2.75) is 58.2 Å². The van der Waals surface area contributed by atoms with E-state index in [9.17, 15) is 4.79 Å². The van der Waals surface area contributed by atoms with Crippen molar-refractivity contribution in [1.29, 1.82) is 0 Å². The lowest BCUT2D eigenvalue weighted by molar-refractivity contribution is 0.00695. The van der Waals surface area contributed by atoms with Gasteiger partial charge < -0.3 is 9.47 Å². The lowest BCUT2D eigenvalue weighted by Gasteiger charge is -2.19. The molecule has 104 valence electrons. The Bertz CT molecular complexity index is 422. The maximum Gasteiger partial charge on any atom is 0.338 e. The highest BCUT2D eigenvalue weighted by Crippen LogP contribution is 2.24. The normalized spacial score (nSPS) is 16.4. The number of benzene rings is 1. The molecule has 0 amide bonds. The summed E-state index contributed by atoms with van der Waals surface area (Å²) in [5.41, 5.74) is 0.101. The predicted molar refractivity (Wildman–Crippen MR) is 74.5 cm³/mol. The fourth-order valence-corrected chi connectivity index (χ4v) is 2.21. The molecule has 0 atom stereocenters. The van der Waals surface area contributed by atoms with Crippen molar-refractivity contribution in [3.63, 3.8) is 0 Å². The minimum atomic E-state index is -0.462. The van der Waals surface area contributed by atoms with Gasteiger partial charge in [-0.3, -0.25) is 0 Å². The van der Waals surface area contributed by atoms with Crippen LogP contribution < -0.4 is 4.74 Å². The summed E-state index contributed by atoms with van der Waals surface area (Å²) in [5.74, 6) is 0.541. The largest absolute Gasteiger partial charge is 0.490 e. The second-order valence-electron chi connectivity index (χ2n) is 6.05. The average Bonchev–Trinajstić information content (AvgIpc) is 2.80. The zero-order valence-electron chi connectivity index (χ0n) is 11.9. The van der Waals surface area contributed by atoms with Gasteiger partial charge in [0.15, 0.2) is 0 Å². The zero-order valence-corrected chi connectivity index (χ0v) is 11.9. The number of hydrogen-bond donors (Lipinski definition) is 0. The number of ether oxygens (including phenoxy) is 2. The van der Waals surface area contributed by atoms with Gasteiger partial charge in [-0.1, -0.05) is 0 Å². The fourth-order valence-electron chi connectivity index (χ4n) is 2.21. The van der Waals surface area contributed by atoms with Crippen LogP contribution in [0.1, 0.15) is 56.8 Å². The van der Waals surface area contributed by atoms with E-state index in [0.717, 1.165) is 18.6 Å². The van der Waals surface area contributed by atoms with E-state index in [4.69, 9.17) is 9.47 Å². The number of rotatable bonds is 3. The summed E-state index contributed by atoms with van der Waals surface area (Å²) in [7, 11) is 0. The van der Waals surface area contributed by atoms with E-state index >= 15 is 0 Å². The molecule has 1 aromatic rings. The van der Waals surface area contributed by atoms with Gasteiger partial charge in [0.25, 0.3) is 0 Å². The molecule has 0 aliphatic heterocycles. The molecule has 1 fully saturated rings. The third kappa shape index (κ3) is 4.27. The first-order valence-electron chi connectivity index (χ1n) is 6.94. The molecule has 0 aromatic heterocycles. The van der Waals surface area contributed by atoms with Gasteiger partial charge in [-0.05, 0) is 70.7 Å². The molecular weight excluding hydrogens is 240 g/mol. The molecule has 19 heavy (non-hydrogen) atoms. The highest BCUT2D eigenvalue weighted by Gasteiger charge is 2.19. The van der Waals surface area contributed by atoms with Gasteiger partial charge in [0.05, 0.1) is 11.7 Å². The molecule has 0 radical (unpaired) electrons. The molecule has 0 heterocycles. The summed E-state index contributed by atoms with van der Waals surface area (Å²) in [6.45, 7) is 5.59. The Morgan fingerprint density at radius 2 is 1.68 bits per heavy atom. The molecule has 1 aliphatic rings. The van der Waals surface area contributed by atoms with Crippen molar-refractivity contribution in [2.75, 3.05) is 0 Å². The number of carbonyl (C=O) groups is 1. The number of esters is 1. The molecule has 0 unspecified atom stereocenters. The highest BCUT2D eigenvalue weighted by molar-refractivity contribution is 5.89. The monoisotopic (exact) mass is 262 g/mol. The summed E-state index contributed by atoms with van der Waals surface area (Å²) in [4.78, 5) is 11.9. The van der Waals surface area contributed by atoms with E-state index in [0.29, 0.717) is 11.7 Å². The van der Waals surface area contributed by atoms with Crippen LogP contribution in [-0.4, -0.2) is 17.7 Å². The average molecular weight is 262 g/mol. The Balaban J connectivity index is 1.95. The third-order valence-corrected chi connectivity index (χ3v) is 3.09. The van der Waals surface area contributed by atoms with Crippen molar-refractivity contribution in [3.05, 3.63) is 29.8 Å². The topological polar surface area (TPSA) is 35.5 Å². The minimum absolute atomic E-state index is 0.292. The molecule has 1 aliphatic carbocycles. The first-order valence-corrected chi connectivity index (χ1v) is 6.94. The van der Waals surface area contributed by atoms with Gasteiger partial charge in [0.2, 0.25) is 0 Å². The van der Waals surface area contributed by atoms with Crippen LogP contribution in [0.5, 0.6) is 5.75 Å². The molecule has 2 rings (SSSR count). The van der Waals surface area contributed by atoms with Crippen molar-refractivity contribution in [1.82, 2.24) is 0 Å². The second-order valence-corrected chi connectivity index (χ2v) is 6.05. The predicted octanol–water partition coefficient (Wildman–Crippen LogP) is 3.96. The van der Waals surface area contributed by atoms with Crippen LogP contribution >= 0.6 is 0 Å². The first kappa shape index (κ1) is 13.9. The van der Waals surface area contributed by atoms with Gasteiger partial charge in [0, 0.05) is 0 Å². The molecule has 0 spiro atoms. The molecule has 1 saturated carbocycles. The molecule has 3 nitrogen and oxygen atoms in total. The molecule has 0 saturated heterocycles. The van der Waals surface area contributed by atoms with E-state index < -0.39 is 5.60 Å². The first-order chi connectivity index (χ1) is 8.94. The van der Waals surface area contributed by atoms with Crippen LogP contribution in [0.25, 0.3) is 0 Å². The van der Waals surface area contributed by atoms with Crippen LogP contribution in [-0.2, 0) is 4.74 Å². The molecule has 0 bridgehead atoms. The quantitative estimate of drug-likeness (QED) is 0.773. The highest BCUT2D eigenvalue weighted by atomic mass is 16.6. The van der Waals surface area contributed by atoms with Crippen LogP contribution in [0, 0.1) is 0 Å². The van der Waals surface area contributed by atoms with Crippen molar-refractivity contribution in [3.8, 4) is 5.75 Å². The summed E-state index contributed by atoms with van der Waals surface area (Å²) in [6, 6.07) is 7.21. The Hall–Kier alpha value is -1.51. The van der Waals surface area contributed by atoms with Crippen LogP contribution in [0.4, 0.5) is 0 Å². The molecule has 0 N–H and O–H groups in total. The number of carbonyl (C=O) groups excluding carboxylic acids is 1. The van der Waals surface area contributed by atoms with Crippen LogP contribution in [0.2, 0.25) is 0 Å². The summed E-state index contributed by atoms with van der Waals surface area (Å²) in [5, 5.41) is 0. The van der Waals surface area contributed by atoms with Crippen molar-refractivity contribution < 1.29 is 14.3 Å². The molecular formula is C16H22O3. The summed E-state index contributed by atoms with van der Waals surface area (Å²) in [6.07, 6.45) is 5.11. The number of hydrogen-bond acceptors (Lipinski definition) is 3. The standard InChI is InChI=1S/C16H22O3/c1-16(2,3)19-15(17)12-8-10-14(11-9-12)18-13-6-4-5-7-13/h8-11,13H,4-7H2,1-3H3. The Kier molecular flexibility index (Phi) is 4.13. The van der Waals surface area contributed by atoms with Crippen molar-refractivity contribution in [2.24, 2.45) is 0 Å². The SMILES string of the molecule is CC(C)(C)OC(=O)c1ccc(OC2CCCC2)cc1. The van der Waals surface area contributed by atoms with Gasteiger partial charge in [-0.2, -0.15) is 0 Å². The third-order valence-electron chi connectivity index (χ3n) is 3.09. The lowest BCUT2D eigenvalue weighted by atomic mass is 10.1. The van der Waals surface area contributed by atoms with E-state index in [1.165, 1.54) is 12.8 Å². The van der Waals surface area contributed by atoms with E-state index in [-0.39, 0.29) is 5.97 Å². The smallest absolute Gasteiger partial charge is 0.338 e. The fraction of sp³-hybridized carbons (Fsp3) is 0.562. The maximum atomic E-state index is 11.9. The van der Waals surface area contributed by atoms with E-state index in [1.807, 2.05) is 32.9 Å². The lowest BCUT2D eigenvalue weighted by Crippen LogP contribution is -2.23. The Labute approximate surface area is 114 Å². The zero-order chi connectivity index (χ0) is 13.9. The molecule has 1 aromatic carbocycles. The van der Waals surface area contributed by atoms with E-state index in [1.54, 1.807) is 12.1 Å². The van der Waals surface area contributed by atoms with Gasteiger partial charge in [-0.15, -0.1) is 0 Å². The Morgan fingerprint density at radius 3 is 2.21 bits per heavy atom. The Morgan fingerprint density at radius 1 is 1.11 bits per heavy atom. The van der Waals surface area contributed by atoms with Gasteiger partial charge in [-0.25, -0.2) is 4.79 Å². The van der Waals surface area contributed by atoms with Crippen molar-refractivity contribution >= 4 is 5.97 Å². The van der Waals surface area contributed by atoms with E-state index in [2.05, 4.69) is 0 Å². The maximum absolute atomic E-state index is 11.9. The van der Waals surface area contributed by atoms with Crippen LogP contribution in [0.3, 0.4) is 0 Å². The molecule has 3 heteroatoms. The van der Waals surface area contributed by atoms with Crippen LogP contribution in [0.15, 0.2) is 24.3 Å². The van der Waals surface area contributed by atoms with Gasteiger partial charge >= 0.3 is 5.97 Å².